The minimum absolute atomic E-state index is 0.00680. The maximum absolute atomic E-state index is 13.4. The van der Waals surface area contributed by atoms with Crippen LogP contribution in [0, 0.1) is 6.92 Å². The number of benzene rings is 1. The monoisotopic (exact) mass is 415 g/mol. The number of hydrogen-bond donors (Lipinski definition) is 0. The van der Waals surface area contributed by atoms with E-state index in [2.05, 4.69) is 4.57 Å². The summed E-state index contributed by atoms with van der Waals surface area (Å²) in [6, 6.07) is 5.98. The number of rotatable bonds is 4. The molecule has 1 aliphatic rings. The smallest absolute Gasteiger partial charge is 0.410 e. The predicted octanol–water partition coefficient (Wildman–Crippen LogP) is 4.06. The Balaban J connectivity index is 1.80. The predicted molar refractivity (Wildman–Crippen MR) is 117 cm³/mol. The quantitative estimate of drug-likeness (QED) is 0.755. The van der Waals surface area contributed by atoms with E-state index in [-0.39, 0.29) is 12.0 Å². The van der Waals surface area contributed by atoms with Gasteiger partial charge < -0.3 is 23.8 Å². The van der Waals surface area contributed by atoms with E-state index in [1.165, 1.54) is 0 Å². The molecule has 1 aromatic carbocycles. The maximum atomic E-state index is 13.4. The molecule has 164 valence electrons. The van der Waals surface area contributed by atoms with Crippen LogP contribution in [0.3, 0.4) is 0 Å². The summed E-state index contributed by atoms with van der Waals surface area (Å²) in [5.74, 6) is 0.818. The zero-order chi connectivity index (χ0) is 22.1. The van der Waals surface area contributed by atoms with Crippen molar-refractivity contribution in [2.75, 3.05) is 32.8 Å². The Hall–Kier alpha value is -2.70. The van der Waals surface area contributed by atoms with Crippen molar-refractivity contribution in [3.8, 4) is 5.75 Å². The average Bonchev–Trinajstić information content (AvgIpc) is 2.98. The summed E-state index contributed by atoms with van der Waals surface area (Å²) in [7, 11) is 0. The summed E-state index contributed by atoms with van der Waals surface area (Å²) >= 11 is 0. The second-order valence-corrected chi connectivity index (χ2v) is 8.59. The van der Waals surface area contributed by atoms with Gasteiger partial charge in [0.1, 0.15) is 17.0 Å². The number of amides is 2. The van der Waals surface area contributed by atoms with Gasteiger partial charge in [-0.2, -0.15) is 0 Å². The molecule has 1 aliphatic heterocycles. The van der Waals surface area contributed by atoms with Gasteiger partial charge in [0.25, 0.3) is 5.91 Å². The summed E-state index contributed by atoms with van der Waals surface area (Å²) in [6.07, 6.45) is -0.322. The molecule has 7 nitrogen and oxygen atoms in total. The number of nitrogens with zero attached hydrogens (tertiary/aromatic N) is 3. The van der Waals surface area contributed by atoms with Crippen LogP contribution in [-0.2, 0) is 11.3 Å². The van der Waals surface area contributed by atoms with Gasteiger partial charge in [0.2, 0.25) is 0 Å². The third-order valence-corrected chi connectivity index (χ3v) is 5.34. The largest absolute Gasteiger partial charge is 0.494 e. The van der Waals surface area contributed by atoms with Crippen molar-refractivity contribution in [3.05, 3.63) is 29.5 Å². The Bertz CT molecular complexity index is 934. The van der Waals surface area contributed by atoms with Gasteiger partial charge in [0, 0.05) is 43.6 Å². The number of aryl methyl sites for hydroxylation is 2. The first-order chi connectivity index (χ1) is 14.2. The molecule has 1 saturated heterocycles. The second kappa shape index (κ2) is 8.58. The number of ether oxygens (including phenoxy) is 2. The van der Waals surface area contributed by atoms with E-state index in [9.17, 15) is 9.59 Å². The van der Waals surface area contributed by atoms with Gasteiger partial charge in [-0.15, -0.1) is 0 Å². The summed E-state index contributed by atoms with van der Waals surface area (Å²) in [5, 5.41) is 1.04. The molecule has 0 aliphatic carbocycles. The Morgan fingerprint density at radius 1 is 1.03 bits per heavy atom. The molecule has 3 rings (SSSR count). The lowest BCUT2D eigenvalue weighted by molar-refractivity contribution is 0.0139. The molecule has 0 spiro atoms. The summed E-state index contributed by atoms with van der Waals surface area (Å²) in [4.78, 5) is 29.2. The van der Waals surface area contributed by atoms with Crippen LogP contribution in [0.1, 0.15) is 50.7 Å². The molecule has 2 heterocycles. The van der Waals surface area contributed by atoms with Crippen LogP contribution in [0.25, 0.3) is 10.9 Å². The highest BCUT2D eigenvalue weighted by atomic mass is 16.6. The minimum Gasteiger partial charge on any atom is -0.494 e. The normalized spacial score (nSPS) is 14.9. The average molecular weight is 416 g/mol. The van der Waals surface area contributed by atoms with Crippen molar-refractivity contribution in [2.24, 2.45) is 0 Å². The Morgan fingerprint density at radius 3 is 2.23 bits per heavy atom. The molecule has 1 fully saturated rings. The van der Waals surface area contributed by atoms with Gasteiger partial charge in [-0.05, 0) is 65.3 Å². The van der Waals surface area contributed by atoms with Crippen LogP contribution in [-0.4, -0.2) is 64.8 Å². The van der Waals surface area contributed by atoms with Gasteiger partial charge in [-0.3, -0.25) is 4.79 Å². The van der Waals surface area contributed by atoms with Crippen molar-refractivity contribution in [1.82, 2.24) is 14.4 Å². The highest BCUT2D eigenvalue weighted by Gasteiger charge is 2.30. The van der Waals surface area contributed by atoms with Crippen LogP contribution in [0.2, 0.25) is 0 Å². The maximum Gasteiger partial charge on any atom is 0.410 e. The lowest BCUT2D eigenvalue weighted by Crippen LogP contribution is -2.52. The molecule has 7 heteroatoms. The van der Waals surface area contributed by atoms with Gasteiger partial charge in [0.15, 0.2) is 0 Å². The van der Waals surface area contributed by atoms with E-state index in [4.69, 9.17) is 9.47 Å². The molecular formula is C23H33N3O4. The second-order valence-electron chi connectivity index (χ2n) is 8.59. The van der Waals surface area contributed by atoms with Crippen LogP contribution >= 0.6 is 0 Å². The van der Waals surface area contributed by atoms with E-state index in [1.807, 2.05) is 64.6 Å². The first-order valence-corrected chi connectivity index (χ1v) is 10.7. The van der Waals surface area contributed by atoms with Gasteiger partial charge in [-0.1, -0.05) is 0 Å². The van der Waals surface area contributed by atoms with Gasteiger partial charge in [0.05, 0.1) is 6.61 Å². The van der Waals surface area contributed by atoms with E-state index in [0.717, 1.165) is 22.2 Å². The fourth-order valence-electron chi connectivity index (χ4n) is 3.93. The van der Waals surface area contributed by atoms with Gasteiger partial charge >= 0.3 is 6.09 Å². The van der Waals surface area contributed by atoms with Crippen LogP contribution in [0.15, 0.2) is 18.2 Å². The molecule has 0 radical (unpaired) electrons. The first-order valence-electron chi connectivity index (χ1n) is 10.7. The molecule has 30 heavy (non-hydrogen) atoms. The third kappa shape index (κ3) is 4.40. The number of fused-ring (bicyclic) bond motifs is 1. The molecule has 0 saturated carbocycles. The van der Waals surface area contributed by atoms with Crippen molar-refractivity contribution in [2.45, 2.75) is 53.7 Å². The molecule has 2 amide bonds. The summed E-state index contributed by atoms with van der Waals surface area (Å²) in [6.45, 7) is 14.8. The van der Waals surface area contributed by atoms with E-state index in [0.29, 0.717) is 45.0 Å². The van der Waals surface area contributed by atoms with E-state index in [1.54, 1.807) is 4.90 Å². The van der Waals surface area contributed by atoms with E-state index >= 15 is 0 Å². The van der Waals surface area contributed by atoms with Crippen LogP contribution < -0.4 is 4.74 Å². The molecule has 0 unspecified atom stereocenters. The number of carbonyl (C=O) groups is 2. The molecule has 0 bridgehead atoms. The number of hydrogen-bond acceptors (Lipinski definition) is 4. The standard InChI is InChI=1S/C23H33N3O4/c1-7-26-19-10-9-17(29-8-2)15-18(19)16(3)20(26)21(27)24-11-13-25(14-12-24)22(28)30-23(4,5)6/h9-10,15H,7-8,11-14H2,1-6H3. The van der Waals surface area contributed by atoms with Crippen molar-refractivity contribution < 1.29 is 19.1 Å². The lowest BCUT2D eigenvalue weighted by Gasteiger charge is -2.35. The SMILES string of the molecule is CCOc1ccc2c(c1)c(C)c(C(=O)N1CCN(C(=O)OC(C)(C)C)CC1)n2CC. The zero-order valence-corrected chi connectivity index (χ0v) is 18.9. The number of piperazine rings is 1. The molecular weight excluding hydrogens is 382 g/mol. The Kier molecular flexibility index (Phi) is 6.29. The first kappa shape index (κ1) is 22.0. The highest BCUT2D eigenvalue weighted by molar-refractivity contribution is 6.02. The van der Waals surface area contributed by atoms with Crippen molar-refractivity contribution in [3.63, 3.8) is 0 Å². The summed E-state index contributed by atoms with van der Waals surface area (Å²) < 4.78 is 13.2. The fourth-order valence-corrected chi connectivity index (χ4v) is 3.93. The molecule has 0 atom stereocenters. The minimum atomic E-state index is -0.524. The third-order valence-electron chi connectivity index (χ3n) is 5.34. The fraction of sp³-hybridized carbons (Fsp3) is 0.565. The zero-order valence-electron chi connectivity index (χ0n) is 18.9. The van der Waals surface area contributed by atoms with E-state index < -0.39 is 5.60 Å². The number of aromatic nitrogens is 1. The Labute approximate surface area is 178 Å². The van der Waals surface area contributed by atoms with Crippen molar-refractivity contribution >= 4 is 22.9 Å². The molecule has 0 N–H and O–H groups in total. The molecule has 2 aromatic rings. The summed E-state index contributed by atoms with van der Waals surface area (Å²) in [5.41, 5.74) is 2.19. The highest BCUT2D eigenvalue weighted by Crippen LogP contribution is 2.30. The van der Waals surface area contributed by atoms with Crippen molar-refractivity contribution in [1.29, 1.82) is 0 Å². The van der Waals surface area contributed by atoms with Gasteiger partial charge in [-0.25, -0.2) is 4.79 Å². The van der Waals surface area contributed by atoms with Crippen LogP contribution in [0.4, 0.5) is 4.79 Å². The Morgan fingerprint density at radius 2 is 1.67 bits per heavy atom. The van der Waals surface area contributed by atoms with Crippen LogP contribution in [0.5, 0.6) is 5.75 Å². The topological polar surface area (TPSA) is 64.0 Å². The molecule has 1 aromatic heterocycles. The number of carbonyl (C=O) groups excluding carboxylic acids is 2. The lowest BCUT2D eigenvalue weighted by atomic mass is 10.1.